The lowest BCUT2D eigenvalue weighted by molar-refractivity contribution is -0.761. The molecular formula is C12H15N2O4+. The maximum Gasteiger partial charge on any atom is 0.426 e. The number of aromatic amines is 1. The predicted octanol–water partition coefficient (Wildman–Crippen LogP) is 0.515. The molecule has 1 N–H and O–H groups in total. The summed E-state index contributed by atoms with van der Waals surface area (Å²) in [5, 5.41) is 2.50. The topological polar surface area (TPSA) is 68.3 Å². The van der Waals surface area contributed by atoms with Crippen molar-refractivity contribution in [3.63, 3.8) is 0 Å². The second-order valence-electron chi connectivity index (χ2n) is 3.77. The molecule has 0 aliphatic heterocycles. The summed E-state index contributed by atoms with van der Waals surface area (Å²) in [7, 11) is 3.20. The Morgan fingerprint density at radius 3 is 2.67 bits per heavy atom. The van der Waals surface area contributed by atoms with Gasteiger partial charge in [0.15, 0.2) is 18.0 Å². The molecule has 18 heavy (non-hydrogen) atoms. The maximum absolute atomic E-state index is 10.8. The molecule has 0 bridgehead atoms. The van der Waals surface area contributed by atoms with Crippen molar-refractivity contribution < 1.29 is 18.7 Å². The van der Waals surface area contributed by atoms with Crippen molar-refractivity contribution in [1.82, 2.24) is 5.27 Å². The van der Waals surface area contributed by atoms with E-state index in [1.807, 2.05) is 18.2 Å². The zero-order chi connectivity index (χ0) is 13.0. The molecule has 6 nitrogen and oxygen atoms in total. The fourth-order valence-corrected chi connectivity index (χ4v) is 1.68. The smallest absolute Gasteiger partial charge is 0.426 e. The molecule has 1 aromatic heterocycles. The van der Waals surface area contributed by atoms with Crippen molar-refractivity contribution in [2.24, 2.45) is 0 Å². The second-order valence-corrected chi connectivity index (χ2v) is 3.77. The van der Waals surface area contributed by atoms with Gasteiger partial charge in [-0.15, -0.1) is 0 Å². The van der Waals surface area contributed by atoms with Gasteiger partial charge in [0.25, 0.3) is 6.20 Å². The number of H-pyrrole nitrogens is 1. The summed E-state index contributed by atoms with van der Waals surface area (Å²) < 4.78 is 16.6. The lowest BCUT2D eigenvalue weighted by Crippen LogP contribution is -2.36. The third-order valence-electron chi connectivity index (χ3n) is 2.61. The standard InChI is InChI=1S/C12H14N2O4/c1-16-10-4-3-9(7-11(10)17-2)5-6-14-8-12(15)18-13-14/h3-4,7-8H,5-6H2,1-2H3/p+1. The largest absolute Gasteiger partial charge is 0.493 e. The third-order valence-corrected chi connectivity index (χ3v) is 2.61. The van der Waals surface area contributed by atoms with E-state index < -0.39 is 0 Å². The first-order valence-corrected chi connectivity index (χ1v) is 5.52. The number of benzene rings is 1. The van der Waals surface area contributed by atoms with Crippen LogP contribution in [0.3, 0.4) is 0 Å². The van der Waals surface area contributed by atoms with Crippen LogP contribution in [0.5, 0.6) is 11.5 Å². The van der Waals surface area contributed by atoms with Crippen LogP contribution in [-0.2, 0) is 13.0 Å². The van der Waals surface area contributed by atoms with Crippen LogP contribution in [0.15, 0.2) is 33.7 Å². The van der Waals surface area contributed by atoms with Crippen molar-refractivity contribution in [2.45, 2.75) is 13.0 Å². The molecule has 0 saturated carbocycles. The molecule has 0 fully saturated rings. The highest BCUT2D eigenvalue weighted by atomic mass is 16.5. The molecule has 0 amide bonds. The van der Waals surface area contributed by atoms with Gasteiger partial charge in [-0.05, 0) is 23.0 Å². The molecule has 0 aliphatic rings. The first kappa shape index (κ1) is 12.2. The zero-order valence-electron chi connectivity index (χ0n) is 10.3. The minimum atomic E-state index is -0.387. The lowest BCUT2D eigenvalue weighted by atomic mass is 10.1. The van der Waals surface area contributed by atoms with Gasteiger partial charge in [0.05, 0.1) is 14.2 Å². The average Bonchev–Trinajstić information content (AvgIpc) is 2.81. The van der Waals surface area contributed by atoms with Crippen LogP contribution in [-0.4, -0.2) is 19.5 Å². The highest BCUT2D eigenvalue weighted by molar-refractivity contribution is 5.42. The van der Waals surface area contributed by atoms with Crippen LogP contribution in [0.1, 0.15) is 5.56 Å². The fraction of sp³-hybridized carbons (Fsp3) is 0.333. The number of rotatable bonds is 5. The van der Waals surface area contributed by atoms with Crippen LogP contribution in [0.25, 0.3) is 0 Å². The van der Waals surface area contributed by atoms with Crippen molar-refractivity contribution in [2.75, 3.05) is 14.2 Å². The normalized spacial score (nSPS) is 10.3. The van der Waals surface area contributed by atoms with Crippen molar-refractivity contribution in [3.8, 4) is 11.5 Å². The minimum absolute atomic E-state index is 0.387. The number of methoxy groups -OCH3 is 2. The number of aryl methyl sites for hydroxylation is 2. The van der Waals surface area contributed by atoms with E-state index in [0.717, 1.165) is 12.0 Å². The van der Waals surface area contributed by atoms with E-state index >= 15 is 0 Å². The van der Waals surface area contributed by atoms with Crippen LogP contribution >= 0.6 is 0 Å². The number of nitrogens with one attached hydrogen (secondary N) is 1. The Labute approximate surface area is 104 Å². The molecule has 0 atom stereocenters. The Kier molecular flexibility index (Phi) is 3.66. The van der Waals surface area contributed by atoms with Gasteiger partial charge in [-0.25, -0.2) is 4.79 Å². The van der Waals surface area contributed by atoms with E-state index in [0.29, 0.717) is 18.0 Å². The first-order valence-electron chi connectivity index (χ1n) is 5.52. The highest BCUT2D eigenvalue weighted by Gasteiger charge is 2.08. The van der Waals surface area contributed by atoms with Crippen LogP contribution in [0, 0.1) is 0 Å². The van der Waals surface area contributed by atoms with Gasteiger partial charge in [0.2, 0.25) is 0 Å². The molecule has 0 unspecified atom stereocenters. The lowest BCUT2D eigenvalue weighted by Gasteiger charge is -2.08. The molecular weight excluding hydrogens is 236 g/mol. The van der Waals surface area contributed by atoms with E-state index in [1.54, 1.807) is 18.9 Å². The summed E-state index contributed by atoms with van der Waals surface area (Å²) in [5.74, 6) is 1.39. The van der Waals surface area contributed by atoms with Gasteiger partial charge < -0.3 is 9.47 Å². The Balaban J connectivity index is 2.07. The maximum atomic E-state index is 10.8. The van der Waals surface area contributed by atoms with Crippen LogP contribution in [0.4, 0.5) is 0 Å². The number of nitrogens with zero attached hydrogens (tertiary/aromatic N) is 1. The molecule has 6 heteroatoms. The van der Waals surface area contributed by atoms with Gasteiger partial charge in [-0.1, -0.05) is 10.7 Å². The van der Waals surface area contributed by atoms with Gasteiger partial charge in [0.1, 0.15) is 0 Å². The van der Waals surface area contributed by atoms with Gasteiger partial charge in [0, 0.05) is 6.42 Å². The van der Waals surface area contributed by atoms with E-state index in [1.165, 1.54) is 6.20 Å². The summed E-state index contributed by atoms with van der Waals surface area (Å²) in [6.07, 6.45) is 2.13. The summed E-state index contributed by atoms with van der Waals surface area (Å²) in [5.41, 5.74) is 0.699. The summed E-state index contributed by atoms with van der Waals surface area (Å²) >= 11 is 0. The summed E-state index contributed by atoms with van der Waals surface area (Å²) in [4.78, 5) is 10.8. The SMILES string of the molecule is COc1ccc(CC[n+]2cc(=O)o[nH]2)cc1OC. The molecule has 0 aliphatic carbocycles. The molecule has 2 aromatic rings. The molecule has 1 heterocycles. The molecule has 0 spiro atoms. The minimum Gasteiger partial charge on any atom is -0.493 e. The molecule has 1 aromatic carbocycles. The molecule has 96 valence electrons. The first-order chi connectivity index (χ1) is 8.72. The molecule has 0 radical (unpaired) electrons. The summed E-state index contributed by atoms with van der Waals surface area (Å²) in [6.45, 7) is 0.626. The second kappa shape index (κ2) is 5.39. The van der Waals surface area contributed by atoms with Crippen molar-refractivity contribution >= 4 is 0 Å². The van der Waals surface area contributed by atoms with Crippen LogP contribution in [0.2, 0.25) is 0 Å². The van der Waals surface area contributed by atoms with Gasteiger partial charge >= 0.3 is 5.63 Å². The van der Waals surface area contributed by atoms with Crippen molar-refractivity contribution in [3.05, 3.63) is 40.4 Å². The number of hydrogen-bond donors (Lipinski definition) is 1. The Morgan fingerprint density at radius 1 is 1.28 bits per heavy atom. The van der Waals surface area contributed by atoms with E-state index in [4.69, 9.17) is 9.47 Å². The number of ether oxygens (including phenoxy) is 2. The molecule has 0 saturated heterocycles. The monoisotopic (exact) mass is 251 g/mol. The number of hydrogen-bond acceptors (Lipinski definition) is 4. The Bertz CT molecular complexity index is 573. The molecule has 2 rings (SSSR count). The highest BCUT2D eigenvalue weighted by Crippen LogP contribution is 2.27. The van der Waals surface area contributed by atoms with Gasteiger partial charge in [-0.2, -0.15) is 0 Å². The van der Waals surface area contributed by atoms with E-state index in [2.05, 4.69) is 9.79 Å². The fourth-order valence-electron chi connectivity index (χ4n) is 1.68. The quantitative estimate of drug-likeness (QED) is 0.786. The van der Waals surface area contributed by atoms with E-state index in [9.17, 15) is 4.79 Å². The predicted molar refractivity (Wildman–Crippen MR) is 62.8 cm³/mol. The zero-order valence-corrected chi connectivity index (χ0v) is 10.3. The van der Waals surface area contributed by atoms with Crippen molar-refractivity contribution in [1.29, 1.82) is 0 Å². The Hall–Kier alpha value is -2.24. The van der Waals surface area contributed by atoms with Gasteiger partial charge in [-0.3, -0.25) is 4.52 Å². The van der Waals surface area contributed by atoms with E-state index in [-0.39, 0.29) is 5.63 Å². The van der Waals surface area contributed by atoms with Crippen LogP contribution < -0.4 is 19.8 Å². The number of aromatic nitrogens is 2. The Morgan fingerprint density at radius 2 is 2.06 bits per heavy atom. The third kappa shape index (κ3) is 2.71. The average molecular weight is 251 g/mol. The summed E-state index contributed by atoms with van der Waals surface area (Å²) in [6, 6.07) is 5.73.